The predicted molar refractivity (Wildman–Crippen MR) is 50.4 cm³/mol. The lowest BCUT2D eigenvalue weighted by Crippen LogP contribution is -2.25. The van der Waals surface area contributed by atoms with E-state index in [9.17, 15) is 4.79 Å². The van der Waals surface area contributed by atoms with Crippen molar-refractivity contribution in [2.45, 2.75) is 6.42 Å². The van der Waals surface area contributed by atoms with Crippen LogP contribution < -0.4 is 5.32 Å². The zero-order valence-corrected chi connectivity index (χ0v) is 8.11. The highest BCUT2D eigenvalue weighted by Gasteiger charge is 1.93. The van der Waals surface area contributed by atoms with Gasteiger partial charge in [0.05, 0.1) is 4.43 Å². The molecule has 2 nitrogen and oxygen atoms in total. The SMILES string of the molecule is O=C(CI)NCCCS. The van der Waals surface area contributed by atoms with Crippen molar-refractivity contribution in [1.29, 1.82) is 0 Å². The molecule has 0 fully saturated rings. The second-order valence-corrected chi connectivity index (χ2v) is 2.77. The zero-order valence-electron chi connectivity index (χ0n) is 5.06. The molecule has 0 spiro atoms. The monoisotopic (exact) mass is 259 g/mol. The number of hydrogen-bond donors (Lipinski definition) is 2. The van der Waals surface area contributed by atoms with Crippen LogP contribution in [0.25, 0.3) is 0 Å². The molecule has 4 heteroatoms. The number of alkyl halides is 1. The Kier molecular flexibility index (Phi) is 7.07. The summed E-state index contributed by atoms with van der Waals surface area (Å²) in [5, 5.41) is 2.74. The van der Waals surface area contributed by atoms with Crippen molar-refractivity contribution in [2.75, 3.05) is 16.7 Å². The van der Waals surface area contributed by atoms with Crippen LogP contribution >= 0.6 is 35.2 Å². The fraction of sp³-hybridized carbons (Fsp3) is 0.800. The summed E-state index contributed by atoms with van der Waals surface area (Å²) in [6.45, 7) is 0.755. The van der Waals surface area contributed by atoms with Crippen LogP contribution in [0.15, 0.2) is 0 Å². The Morgan fingerprint density at radius 3 is 2.78 bits per heavy atom. The minimum absolute atomic E-state index is 0.109. The molecule has 0 saturated carbocycles. The number of thiol groups is 1. The largest absolute Gasteiger partial charge is 0.355 e. The van der Waals surface area contributed by atoms with Crippen molar-refractivity contribution in [3.63, 3.8) is 0 Å². The van der Waals surface area contributed by atoms with Crippen molar-refractivity contribution < 1.29 is 4.79 Å². The molecule has 0 aliphatic rings. The number of rotatable bonds is 4. The fourth-order valence-electron chi connectivity index (χ4n) is 0.354. The first-order valence-electron chi connectivity index (χ1n) is 2.74. The highest BCUT2D eigenvalue weighted by molar-refractivity contribution is 14.1. The molecule has 0 aromatic rings. The number of nitrogens with one attached hydrogen (secondary N) is 1. The summed E-state index contributed by atoms with van der Waals surface area (Å²) in [6, 6.07) is 0. The summed E-state index contributed by atoms with van der Waals surface area (Å²) >= 11 is 6.03. The lowest BCUT2D eigenvalue weighted by molar-refractivity contribution is -0.118. The van der Waals surface area contributed by atoms with Gasteiger partial charge in [-0.15, -0.1) is 0 Å². The fourth-order valence-corrected chi connectivity index (χ4v) is 0.782. The van der Waals surface area contributed by atoms with E-state index in [1.165, 1.54) is 0 Å². The van der Waals surface area contributed by atoms with E-state index < -0.39 is 0 Å². The molecule has 1 amide bonds. The molecule has 0 unspecified atom stereocenters. The molecule has 0 atom stereocenters. The lowest BCUT2D eigenvalue weighted by atomic mass is 10.5. The van der Waals surface area contributed by atoms with Gasteiger partial charge in [-0.25, -0.2) is 0 Å². The van der Waals surface area contributed by atoms with Gasteiger partial charge in [-0.05, 0) is 12.2 Å². The highest BCUT2D eigenvalue weighted by atomic mass is 127. The Labute approximate surface area is 74.3 Å². The van der Waals surface area contributed by atoms with Crippen LogP contribution in [0.4, 0.5) is 0 Å². The smallest absolute Gasteiger partial charge is 0.229 e. The van der Waals surface area contributed by atoms with Gasteiger partial charge in [-0.2, -0.15) is 12.6 Å². The normalized spacial score (nSPS) is 9.11. The first kappa shape index (κ1) is 9.55. The summed E-state index contributed by atoms with van der Waals surface area (Å²) in [5.74, 6) is 0.944. The Morgan fingerprint density at radius 2 is 2.33 bits per heavy atom. The lowest BCUT2D eigenvalue weighted by Gasteiger charge is -1.98. The molecule has 0 aliphatic heterocycles. The molecule has 54 valence electrons. The maximum absolute atomic E-state index is 10.5. The van der Waals surface area contributed by atoms with Crippen molar-refractivity contribution in [3.8, 4) is 0 Å². The second kappa shape index (κ2) is 6.67. The molecule has 0 aromatic carbocycles. The van der Waals surface area contributed by atoms with E-state index in [1.807, 2.05) is 22.6 Å². The van der Waals surface area contributed by atoms with Crippen LogP contribution in [0, 0.1) is 0 Å². The average Bonchev–Trinajstić information content (AvgIpc) is 1.89. The van der Waals surface area contributed by atoms with Gasteiger partial charge >= 0.3 is 0 Å². The number of carbonyl (C=O) groups is 1. The molecule has 9 heavy (non-hydrogen) atoms. The first-order chi connectivity index (χ1) is 4.31. The molecule has 0 aliphatic carbocycles. The Balaban J connectivity index is 2.97. The predicted octanol–water partition coefficient (Wildman–Crippen LogP) is 0.857. The third kappa shape index (κ3) is 6.44. The summed E-state index contributed by atoms with van der Waals surface area (Å²) in [4.78, 5) is 10.5. The van der Waals surface area contributed by atoms with Gasteiger partial charge in [-0.3, -0.25) is 4.79 Å². The molecule has 0 rings (SSSR count). The van der Waals surface area contributed by atoms with E-state index in [4.69, 9.17) is 0 Å². The summed E-state index contributed by atoms with van der Waals surface area (Å²) in [6.07, 6.45) is 0.950. The number of amides is 1. The van der Waals surface area contributed by atoms with Crippen LogP contribution in [0.5, 0.6) is 0 Å². The van der Waals surface area contributed by atoms with E-state index in [0.717, 1.165) is 18.7 Å². The quantitative estimate of drug-likeness (QED) is 0.333. The van der Waals surface area contributed by atoms with Crippen molar-refractivity contribution in [1.82, 2.24) is 5.32 Å². The minimum Gasteiger partial charge on any atom is -0.355 e. The van der Waals surface area contributed by atoms with Crippen LogP contribution in [0.3, 0.4) is 0 Å². The van der Waals surface area contributed by atoms with E-state index in [-0.39, 0.29) is 5.91 Å². The minimum atomic E-state index is 0.109. The Morgan fingerprint density at radius 1 is 1.67 bits per heavy atom. The summed E-state index contributed by atoms with van der Waals surface area (Å²) < 4.78 is 0.546. The molecular weight excluding hydrogens is 249 g/mol. The van der Waals surface area contributed by atoms with Crippen LogP contribution in [-0.2, 0) is 4.79 Å². The van der Waals surface area contributed by atoms with Crippen LogP contribution in [0.1, 0.15) is 6.42 Å². The third-order valence-electron chi connectivity index (χ3n) is 0.778. The average molecular weight is 259 g/mol. The first-order valence-corrected chi connectivity index (χ1v) is 4.90. The molecule has 0 heterocycles. The Hall–Kier alpha value is 0.550. The molecule has 0 saturated heterocycles. The van der Waals surface area contributed by atoms with Crippen LogP contribution in [0.2, 0.25) is 0 Å². The maximum atomic E-state index is 10.5. The van der Waals surface area contributed by atoms with E-state index in [0.29, 0.717) is 4.43 Å². The number of carbonyl (C=O) groups excluding carboxylic acids is 1. The highest BCUT2D eigenvalue weighted by Crippen LogP contribution is 1.82. The van der Waals surface area contributed by atoms with Gasteiger partial charge in [-0.1, -0.05) is 22.6 Å². The maximum Gasteiger partial charge on any atom is 0.229 e. The van der Waals surface area contributed by atoms with E-state index in [2.05, 4.69) is 17.9 Å². The van der Waals surface area contributed by atoms with Gasteiger partial charge in [0.25, 0.3) is 0 Å². The molecule has 1 N–H and O–H groups in total. The standard InChI is InChI=1S/C5H10INOS/c6-4-5(8)7-2-1-3-9/h9H,1-4H2,(H,7,8). The van der Waals surface area contributed by atoms with Crippen LogP contribution in [-0.4, -0.2) is 22.6 Å². The van der Waals surface area contributed by atoms with Gasteiger partial charge in [0.2, 0.25) is 5.91 Å². The zero-order chi connectivity index (χ0) is 7.11. The van der Waals surface area contributed by atoms with E-state index in [1.54, 1.807) is 0 Å². The van der Waals surface area contributed by atoms with Crippen molar-refractivity contribution in [3.05, 3.63) is 0 Å². The molecule has 0 radical (unpaired) electrons. The van der Waals surface area contributed by atoms with Gasteiger partial charge < -0.3 is 5.32 Å². The molecular formula is C5H10INOS. The number of halogens is 1. The van der Waals surface area contributed by atoms with Gasteiger partial charge in [0.15, 0.2) is 0 Å². The topological polar surface area (TPSA) is 29.1 Å². The number of hydrogen-bond acceptors (Lipinski definition) is 2. The molecule has 0 bridgehead atoms. The van der Waals surface area contributed by atoms with Crippen molar-refractivity contribution >= 4 is 41.1 Å². The third-order valence-corrected chi connectivity index (χ3v) is 1.79. The molecule has 0 aromatic heterocycles. The van der Waals surface area contributed by atoms with Crippen molar-refractivity contribution in [2.24, 2.45) is 0 Å². The Bertz CT molecular complexity index is 89.0. The summed E-state index contributed by atoms with van der Waals surface area (Å²) in [7, 11) is 0. The van der Waals surface area contributed by atoms with Gasteiger partial charge in [0.1, 0.15) is 0 Å². The summed E-state index contributed by atoms with van der Waals surface area (Å²) in [5.41, 5.74) is 0. The van der Waals surface area contributed by atoms with E-state index >= 15 is 0 Å². The van der Waals surface area contributed by atoms with Gasteiger partial charge in [0, 0.05) is 6.54 Å². The second-order valence-electron chi connectivity index (χ2n) is 1.56.